The van der Waals surface area contributed by atoms with Gasteiger partial charge in [-0.15, -0.1) is 0 Å². The number of nitrogens with zero attached hydrogens (tertiary/aromatic N) is 4. The highest BCUT2D eigenvalue weighted by molar-refractivity contribution is 5.86. The van der Waals surface area contributed by atoms with Gasteiger partial charge < -0.3 is 14.7 Å². The smallest absolute Gasteiger partial charge is 0.307 e. The summed E-state index contributed by atoms with van der Waals surface area (Å²) < 4.78 is 19.3. The number of aryl methyl sites for hydroxylation is 2. The molecule has 0 bridgehead atoms. The number of aliphatic carboxylic acids is 1. The number of piperidine rings is 1. The van der Waals surface area contributed by atoms with Crippen LogP contribution in [0, 0.1) is 25.1 Å². The maximum atomic E-state index is 13.2. The SMILES string of the molecule is Cc1nc(C)c(-c2ccc(OCCN3CCN(Cc4ccc(F)cc4)CC3)cc2)c(N2CCC(C)(C)CC2)c1CC(=O)O. The van der Waals surface area contributed by atoms with Crippen LogP contribution in [0.1, 0.15) is 49.2 Å². The van der Waals surface area contributed by atoms with E-state index in [4.69, 9.17) is 9.72 Å². The average molecular weight is 589 g/mol. The van der Waals surface area contributed by atoms with E-state index in [1.165, 1.54) is 12.1 Å². The molecule has 2 fully saturated rings. The third-order valence-electron chi connectivity index (χ3n) is 9.02. The topological polar surface area (TPSA) is 69.1 Å². The van der Waals surface area contributed by atoms with Gasteiger partial charge in [0.1, 0.15) is 18.2 Å². The van der Waals surface area contributed by atoms with Crippen LogP contribution in [-0.2, 0) is 17.8 Å². The van der Waals surface area contributed by atoms with Crippen molar-refractivity contribution in [2.75, 3.05) is 57.3 Å². The third kappa shape index (κ3) is 7.92. The highest BCUT2D eigenvalue weighted by Gasteiger charge is 2.30. The molecule has 2 aliphatic rings. The van der Waals surface area contributed by atoms with Crippen LogP contribution in [0.4, 0.5) is 10.1 Å². The van der Waals surface area contributed by atoms with E-state index in [1.807, 2.05) is 38.1 Å². The molecule has 0 saturated carbocycles. The van der Waals surface area contributed by atoms with Crippen LogP contribution in [0.5, 0.6) is 5.75 Å². The van der Waals surface area contributed by atoms with Crippen LogP contribution in [-0.4, -0.2) is 78.3 Å². The summed E-state index contributed by atoms with van der Waals surface area (Å²) in [4.78, 5) is 23.9. The molecule has 230 valence electrons. The van der Waals surface area contributed by atoms with E-state index in [-0.39, 0.29) is 17.7 Å². The van der Waals surface area contributed by atoms with Crippen molar-refractivity contribution in [2.45, 2.75) is 53.5 Å². The zero-order valence-corrected chi connectivity index (χ0v) is 26.0. The van der Waals surface area contributed by atoms with Gasteiger partial charge in [-0.25, -0.2) is 4.39 Å². The minimum Gasteiger partial charge on any atom is -0.492 e. The molecule has 7 nitrogen and oxygen atoms in total. The average Bonchev–Trinajstić information content (AvgIpc) is 2.97. The number of carboxylic acid groups (broad SMARTS) is 1. The zero-order chi connectivity index (χ0) is 30.6. The molecule has 2 saturated heterocycles. The molecule has 2 aliphatic heterocycles. The van der Waals surface area contributed by atoms with Gasteiger partial charge in [-0.3, -0.25) is 19.6 Å². The van der Waals surface area contributed by atoms with Crippen molar-refractivity contribution in [3.05, 3.63) is 76.9 Å². The predicted molar refractivity (Wildman–Crippen MR) is 169 cm³/mol. The summed E-state index contributed by atoms with van der Waals surface area (Å²) in [5.41, 5.74) is 7.02. The first-order valence-corrected chi connectivity index (χ1v) is 15.5. The minimum absolute atomic E-state index is 0.0387. The van der Waals surface area contributed by atoms with Crippen molar-refractivity contribution in [1.29, 1.82) is 0 Å². The van der Waals surface area contributed by atoms with Gasteiger partial charge >= 0.3 is 5.97 Å². The van der Waals surface area contributed by atoms with Gasteiger partial charge in [-0.2, -0.15) is 0 Å². The van der Waals surface area contributed by atoms with Crippen molar-refractivity contribution >= 4 is 11.7 Å². The lowest BCUT2D eigenvalue weighted by Gasteiger charge is -2.40. The second kappa shape index (κ2) is 13.4. The molecule has 0 unspecified atom stereocenters. The Balaban J connectivity index is 1.21. The number of anilines is 1. The number of piperazine rings is 1. The van der Waals surface area contributed by atoms with Gasteiger partial charge in [0.05, 0.1) is 12.1 Å². The molecule has 43 heavy (non-hydrogen) atoms. The van der Waals surface area contributed by atoms with E-state index >= 15 is 0 Å². The molecule has 3 heterocycles. The van der Waals surface area contributed by atoms with Gasteiger partial charge in [0.2, 0.25) is 0 Å². The molecule has 3 aromatic rings. The van der Waals surface area contributed by atoms with Gasteiger partial charge in [0.15, 0.2) is 0 Å². The minimum atomic E-state index is -0.837. The van der Waals surface area contributed by atoms with E-state index in [1.54, 1.807) is 0 Å². The monoisotopic (exact) mass is 588 g/mol. The van der Waals surface area contributed by atoms with Gasteiger partial charge in [0, 0.05) is 74.9 Å². The second-order valence-electron chi connectivity index (χ2n) is 12.8. The molecule has 0 spiro atoms. The summed E-state index contributed by atoms with van der Waals surface area (Å²) in [6.07, 6.45) is 2.09. The fourth-order valence-electron chi connectivity index (χ4n) is 6.29. The maximum absolute atomic E-state index is 13.2. The fraction of sp³-hybridized carbons (Fsp3) is 0.486. The molecule has 5 rings (SSSR count). The van der Waals surface area contributed by atoms with Gasteiger partial charge in [-0.05, 0) is 67.5 Å². The van der Waals surface area contributed by atoms with E-state index in [0.29, 0.717) is 6.61 Å². The quantitative estimate of drug-likeness (QED) is 0.314. The Bertz CT molecular complexity index is 1390. The lowest BCUT2D eigenvalue weighted by molar-refractivity contribution is -0.136. The summed E-state index contributed by atoms with van der Waals surface area (Å²) in [6, 6.07) is 14.9. The summed E-state index contributed by atoms with van der Waals surface area (Å²) in [5.74, 6) is -0.207. The summed E-state index contributed by atoms with van der Waals surface area (Å²) >= 11 is 0. The highest BCUT2D eigenvalue weighted by Crippen LogP contribution is 2.41. The van der Waals surface area contributed by atoms with Crippen LogP contribution >= 0.6 is 0 Å². The first-order valence-electron chi connectivity index (χ1n) is 15.5. The van der Waals surface area contributed by atoms with Crippen molar-refractivity contribution < 1.29 is 19.0 Å². The highest BCUT2D eigenvalue weighted by atomic mass is 19.1. The molecule has 1 N–H and O–H groups in total. The van der Waals surface area contributed by atoms with Crippen LogP contribution < -0.4 is 9.64 Å². The molecule has 8 heteroatoms. The maximum Gasteiger partial charge on any atom is 0.307 e. The Morgan fingerprint density at radius 1 is 0.907 bits per heavy atom. The van der Waals surface area contributed by atoms with E-state index < -0.39 is 5.97 Å². The van der Waals surface area contributed by atoms with Crippen LogP contribution in [0.3, 0.4) is 0 Å². The Morgan fingerprint density at radius 2 is 1.53 bits per heavy atom. The number of hydrogen-bond acceptors (Lipinski definition) is 6. The van der Waals surface area contributed by atoms with Crippen LogP contribution in [0.15, 0.2) is 48.5 Å². The number of rotatable bonds is 10. The lowest BCUT2D eigenvalue weighted by Crippen LogP contribution is -2.47. The zero-order valence-electron chi connectivity index (χ0n) is 26.0. The van der Waals surface area contributed by atoms with Crippen molar-refractivity contribution in [2.24, 2.45) is 5.41 Å². The molecule has 0 aliphatic carbocycles. The van der Waals surface area contributed by atoms with E-state index in [2.05, 4.69) is 40.7 Å². The van der Waals surface area contributed by atoms with Crippen molar-refractivity contribution in [3.8, 4) is 16.9 Å². The third-order valence-corrected chi connectivity index (χ3v) is 9.02. The number of hydrogen-bond donors (Lipinski definition) is 1. The molecule has 0 amide bonds. The standard InChI is InChI=1S/C35H45FN4O3/c1-25-31(23-32(41)42)34(40-15-13-35(3,4)14-16-40)33(26(2)37-25)28-7-11-30(12-8-28)43-22-21-38-17-19-39(20-18-38)24-27-5-9-29(36)10-6-27/h5-12H,13-24H2,1-4H3,(H,41,42). The van der Waals surface area contributed by atoms with Gasteiger partial charge in [0.25, 0.3) is 0 Å². The number of ether oxygens (including phenoxy) is 1. The molecule has 1 aromatic heterocycles. The Hall–Kier alpha value is -3.49. The first kappa shape index (κ1) is 31.0. The number of carbonyl (C=O) groups is 1. The van der Waals surface area contributed by atoms with Crippen molar-refractivity contribution in [1.82, 2.24) is 14.8 Å². The Labute approximate surface area is 255 Å². The van der Waals surface area contributed by atoms with Gasteiger partial charge in [-0.1, -0.05) is 38.1 Å². The largest absolute Gasteiger partial charge is 0.492 e. The predicted octanol–water partition coefficient (Wildman–Crippen LogP) is 5.95. The molecular formula is C35H45FN4O3. The lowest BCUT2D eigenvalue weighted by atomic mass is 9.82. The van der Waals surface area contributed by atoms with Crippen molar-refractivity contribution in [3.63, 3.8) is 0 Å². The summed E-state index contributed by atoms with van der Waals surface area (Å²) in [6.45, 7) is 16.6. The van der Waals surface area contributed by atoms with Crippen LogP contribution in [0.25, 0.3) is 11.1 Å². The van der Waals surface area contributed by atoms with E-state index in [0.717, 1.165) is 110 Å². The number of halogens is 1. The Kier molecular flexibility index (Phi) is 9.67. The van der Waals surface area contributed by atoms with E-state index in [9.17, 15) is 14.3 Å². The first-order chi connectivity index (χ1) is 20.6. The number of pyridine rings is 1. The molecule has 0 atom stereocenters. The summed E-state index contributed by atoms with van der Waals surface area (Å²) in [7, 11) is 0. The number of benzene rings is 2. The number of carboxylic acids is 1. The molecular weight excluding hydrogens is 543 g/mol. The van der Waals surface area contributed by atoms with Crippen LogP contribution in [0.2, 0.25) is 0 Å². The normalized spacial score (nSPS) is 17.7. The molecule has 2 aromatic carbocycles. The summed E-state index contributed by atoms with van der Waals surface area (Å²) in [5, 5.41) is 9.74. The number of aromatic nitrogens is 1. The fourth-order valence-corrected chi connectivity index (χ4v) is 6.29. The molecule has 0 radical (unpaired) electrons. The second-order valence-corrected chi connectivity index (χ2v) is 12.8. The Morgan fingerprint density at radius 3 is 2.16 bits per heavy atom.